The number of hydrogen-bond donors (Lipinski definition) is 0. The van der Waals surface area contributed by atoms with Gasteiger partial charge in [0.05, 0.1) is 5.58 Å². The van der Waals surface area contributed by atoms with Crippen molar-refractivity contribution in [3.05, 3.63) is 145 Å². The Bertz CT molecular complexity index is 1890. The Balaban J connectivity index is 0.000000158. The van der Waals surface area contributed by atoms with E-state index >= 15 is 0 Å². The molecule has 7 rings (SSSR count). The summed E-state index contributed by atoms with van der Waals surface area (Å²) in [5.74, 6) is 0. The first-order valence-electron chi connectivity index (χ1n) is 12.9. The zero-order chi connectivity index (χ0) is 26.6. The molecule has 3 aromatic heterocycles. The second-order valence-corrected chi connectivity index (χ2v) is 9.49. The second-order valence-electron chi connectivity index (χ2n) is 9.49. The van der Waals surface area contributed by atoms with Crippen molar-refractivity contribution in [3.8, 4) is 33.6 Å². The molecule has 0 amide bonds. The summed E-state index contributed by atoms with van der Waals surface area (Å²) in [5, 5.41) is 2.24. The van der Waals surface area contributed by atoms with Crippen molar-refractivity contribution in [3.63, 3.8) is 0 Å². The molecule has 0 spiro atoms. The van der Waals surface area contributed by atoms with E-state index in [9.17, 15) is 0 Å². The van der Waals surface area contributed by atoms with Gasteiger partial charge in [-0.25, -0.2) is 0 Å². The molecule has 40 heavy (non-hydrogen) atoms. The fourth-order valence-electron chi connectivity index (χ4n) is 4.66. The van der Waals surface area contributed by atoms with Gasteiger partial charge < -0.3 is 14.4 Å². The quantitative estimate of drug-likeness (QED) is 0.173. The van der Waals surface area contributed by atoms with Crippen LogP contribution in [0.1, 0.15) is 11.1 Å². The smallest absolute Gasteiger partial charge is 0.120 e. The van der Waals surface area contributed by atoms with Crippen molar-refractivity contribution in [2.75, 3.05) is 0 Å². The zero-order valence-corrected chi connectivity index (χ0v) is 24.6. The van der Waals surface area contributed by atoms with Gasteiger partial charge in [-0.3, -0.25) is 0 Å². The average Bonchev–Trinajstić information content (AvgIpc) is 3.37. The molecule has 0 N–H and O–H groups in total. The number of para-hydroxylation sites is 1. The number of benzene rings is 4. The fourth-order valence-corrected chi connectivity index (χ4v) is 4.66. The van der Waals surface area contributed by atoms with Crippen LogP contribution in [0.5, 0.6) is 0 Å². The van der Waals surface area contributed by atoms with Crippen molar-refractivity contribution in [2.45, 2.75) is 13.8 Å². The molecule has 0 saturated carbocycles. The summed E-state index contributed by atoms with van der Waals surface area (Å²) in [6.07, 6.45) is 3.66. The summed E-state index contributed by atoms with van der Waals surface area (Å²) in [6.45, 7) is 4.14. The van der Waals surface area contributed by atoms with E-state index in [4.69, 9.17) is 4.42 Å². The first-order valence-corrected chi connectivity index (χ1v) is 12.9. The Morgan fingerprint density at radius 2 is 1.27 bits per heavy atom. The second kappa shape index (κ2) is 12.2. The van der Waals surface area contributed by atoms with E-state index in [0.29, 0.717) is 0 Å². The standard InChI is InChI=1S/C18H12NO.C18H14N.Ir/c1-12-9-10-19-16(11-12)15-7-4-6-14-13-5-2-3-8-17(13)20-18(14)15;1-14-10-11-19-18(12-14)17-9-5-8-16(13-17)15-6-3-2-4-7-15;/h2-6,8-11H,1H3;2-8,10-13H,1H3;/q2*-1;. The van der Waals surface area contributed by atoms with Crippen molar-refractivity contribution in [1.82, 2.24) is 9.97 Å². The summed E-state index contributed by atoms with van der Waals surface area (Å²) in [4.78, 5) is 8.85. The van der Waals surface area contributed by atoms with Gasteiger partial charge in [0.25, 0.3) is 0 Å². The predicted molar refractivity (Wildman–Crippen MR) is 159 cm³/mol. The molecular weight excluding hydrogens is 669 g/mol. The molecule has 0 atom stereocenters. The summed E-state index contributed by atoms with van der Waals surface area (Å²) < 4.78 is 6.01. The van der Waals surface area contributed by atoms with Crippen molar-refractivity contribution in [2.24, 2.45) is 0 Å². The molecular formula is C36H26IrN2O-2. The van der Waals surface area contributed by atoms with Crippen LogP contribution in [0.4, 0.5) is 0 Å². The summed E-state index contributed by atoms with van der Waals surface area (Å²) in [5.41, 5.74) is 10.4. The molecule has 1 radical (unpaired) electrons. The molecule has 0 saturated heterocycles. The van der Waals surface area contributed by atoms with E-state index in [1.165, 1.54) is 22.3 Å². The number of aryl methyl sites for hydroxylation is 2. The van der Waals surface area contributed by atoms with E-state index in [-0.39, 0.29) is 20.1 Å². The molecule has 3 nitrogen and oxygen atoms in total. The number of fused-ring (bicyclic) bond motifs is 3. The van der Waals surface area contributed by atoms with Gasteiger partial charge in [0, 0.05) is 37.9 Å². The SMILES string of the molecule is Cc1ccnc(-c2[c-]ccc(-c3ccccc3)c2)c1.Cc1ccnc(-c2[c-]ccc3c2oc2ccccc23)c1.[Ir]. The van der Waals surface area contributed by atoms with Gasteiger partial charge in [0.15, 0.2) is 0 Å². The van der Waals surface area contributed by atoms with Gasteiger partial charge in [-0.2, -0.15) is 0 Å². The number of aromatic nitrogens is 2. The van der Waals surface area contributed by atoms with Crippen LogP contribution in [0.25, 0.3) is 55.6 Å². The van der Waals surface area contributed by atoms with Crippen LogP contribution < -0.4 is 0 Å². The minimum Gasteiger partial charge on any atom is -0.501 e. The molecule has 0 unspecified atom stereocenters. The van der Waals surface area contributed by atoms with Crippen LogP contribution in [0.2, 0.25) is 0 Å². The van der Waals surface area contributed by atoms with Gasteiger partial charge in [0.2, 0.25) is 0 Å². The van der Waals surface area contributed by atoms with Gasteiger partial charge in [-0.1, -0.05) is 82.7 Å². The van der Waals surface area contributed by atoms with Gasteiger partial charge >= 0.3 is 0 Å². The topological polar surface area (TPSA) is 38.9 Å². The molecule has 4 aromatic carbocycles. The summed E-state index contributed by atoms with van der Waals surface area (Å²) in [7, 11) is 0. The molecule has 0 aliphatic heterocycles. The molecule has 197 valence electrons. The van der Waals surface area contributed by atoms with Crippen LogP contribution >= 0.6 is 0 Å². The van der Waals surface area contributed by atoms with Crippen LogP contribution in [0.15, 0.2) is 126 Å². The number of nitrogens with zero attached hydrogens (tertiary/aromatic N) is 2. The van der Waals surface area contributed by atoms with Crippen LogP contribution in [-0.2, 0) is 20.1 Å². The van der Waals surface area contributed by atoms with Crippen LogP contribution in [0, 0.1) is 26.0 Å². The number of pyridine rings is 2. The Kier molecular flexibility index (Phi) is 8.31. The largest absolute Gasteiger partial charge is 0.501 e. The fraction of sp³-hybridized carbons (Fsp3) is 0.0556. The Labute approximate surface area is 247 Å². The van der Waals surface area contributed by atoms with E-state index in [2.05, 4.69) is 90.5 Å². The van der Waals surface area contributed by atoms with Crippen molar-refractivity contribution < 1.29 is 24.5 Å². The van der Waals surface area contributed by atoms with Gasteiger partial charge in [-0.15, -0.1) is 53.6 Å². The Morgan fingerprint density at radius 1 is 0.600 bits per heavy atom. The average molecular weight is 695 g/mol. The van der Waals surface area contributed by atoms with Crippen LogP contribution in [-0.4, -0.2) is 9.97 Å². The first kappa shape index (κ1) is 27.2. The maximum atomic E-state index is 6.01. The van der Waals surface area contributed by atoms with Gasteiger partial charge in [0.1, 0.15) is 5.58 Å². The monoisotopic (exact) mass is 695 g/mol. The molecule has 0 fully saturated rings. The first-order chi connectivity index (χ1) is 19.2. The van der Waals surface area contributed by atoms with Gasteiger partial charge in [-0.05, 0) is 49.0 Å². The van der Waals surface area contributed by atoms with E-state index in [1.807, 2.05) is 67.0 Å². The van der Waals surface area contributed by atoms with Crippen molar-refractivity contribution in [1.29, 1.82) is 0 Å². The molecule has 4 heteroatoms. The van der Waals surface area contributed by atoms with E-state index in [0.717, 1.165) is 44.5 Å². The minimum absolute atomic E-state index is 0. The number of furan rings is 1. The van der Waals surface area contributed by atoms with Crippen molar-refractivity contribution >= 4 is 21.9 Å². The molecule has 7 aromatic rings. The third-order valence-electron chi connectivity index (χ3n) is 6.61. The molecule has 3 heterocycles. The Morgan fingerprint density at radius 3 is 2.05 bits per heavy atom. The third-order valence-corrected chi connectivity index (χ3v) is 6.61. The maximum absolute atomic E-state index is 6.01. The summed E-state index contributed by atoms with van der Waals surface area (Å²) >= 11 is 0. The van der Waals surface area contributed by atoms with E-state index in [1.54, 1.807) is 0 Å². The molecule has 0 aliphatic rings. The van der Waals surface area contributed by atoms with E-state index < -0.39 is 0 Å². The van der Waals surface area contributed by atoms with Crippen LogP contribution in [0.3, 0.4) is 0 Å². The molecule has 0 aliphatic carbocycles. The predicted octanol–water partition coefficient (Wildman–Crippen LogP) is 9.28. The molecule has 0 bridgehead atoms. The maximum Gasteiger partial charge on any atom is 0.120 e. The Hall–Kier alpha value is -4.37. The normalized spacial score (nSPS) is 10.6. The zero-order valence-electron chi connectivity index (χ0n) is 22.2. The number of rotatable bonds is 3. The minimum atomic E-state index is 0. The third kappa shape index (κ3) is 5.79. The number of hydrogen-bond acceptors (Lipinski definition) is 3. The summed E-state index contributed by atoms with van der Waals surface area (Å²) in [6, 6.07) is 43.2.